The number of carbonyl (C=O) groups excluding carboxylic acids is 2. The molecule has 2 unspecified atom stereocenters. The Morgan fingerprint density at radius 1 is 0.765 bits per heavy atom. The number of aliphatic carboxylic acids is 2. The van der Waals surface area contributed by atoms with Gasteiger partial charge in [-0.1, -0.05) is 0 Å². The number of carboxylic acid groups (broad SMARTS) is 4. The molecule has 82 valence electrons. The largest absolute Gasteiger partial charge is 1.00 e. The van der Waals surface area contributed by atoms with Gasteiger partial charge in [-0.3, -0.25) is 0 Å². The van der Waals surface area contributed by atoms with E-state index < -0.39 is 30.3 Å². The van der Waals surface area contributed by atoms with Gasteiger partial charge in [-0.15, -0.1) is 0 Å². The van der Waals surface area contributed by atoms with Gasteiger partial charge < -0.3 is 45.0 Å². The van der Waals surface area contributed by atoms with E-state index in [1.54, 1.807) is 0 Å². The van der Waals surface area contributed by atoms with Crippen molar-refractivity contribution >= 4 is 18.1 Å². The Hall–Kier alpha value is 3.04. The van der Waals surface area contributed by atoms with Crippen molar-refractivity contribution in [2.45, 2.75) is 12.2 Å². The van der Waals surface area contributed by atoms with Crippen LogP contribution in [0.5, 0.6) is 0 Å². The molecule has 0 fully saturated rings. The summed E-state index contributed by atoms with van der Waals surface area (Å²) in [5.74, 6) is -4.12. The van der Waals surface area contributed by atoms with Crippen LogP contribution in [0.2, 0.25) is 0 Å². The zero-order valence-electron chi connectivity index (χ0n) is 9.45. The third-order valence-corrected chi connectivity index (χ3v) is 0.782. The van der Waals surface area contributed by atoms with Crippen LogP contribution in [0.15, 0.2) is 0 Å². The monoisotopic (exact) mass is 326 g/mol. The molecule has 0 bridgehead atoms. The van der Waals surface area contributed by atoms with Crippen molar-refractivity contribution < 1.29 is 199 Å². The van der Waals surface area contributed by atoms with Gasteiger partial charge in [0.1, 0.15) is 12.2 Å². The zero-order valence-corrected chi connectivity index (χ0v) is 18.8. The summed E-state index contributed by atoms with van der Waals surface area (Å²) in [7, 11) is 0. The average Bonchev–Trinajstić information content (AvgIpc) is 2.00. The molecule has 0 heterocycles. The summed E-state index contributed by atoms with van der Waals surface area (Å²) >= 11 is 0. The third-order valence-electron chi connectivity index (χ3n) is 0.782. The topological polar surface area (TPSA) is 181 Å². The first-order chi connectivity index (χ1) is 6.20. The van der Waals surface area contributed by atoms with Gasteiger partial charge in [0.05, 0.1) is 11.9 Å². The zero-order chi connectivity index (χ0) is 11.9. The van der Waals surface area contributed by atoms with Crippen LogP contribution < -0.4 is 169 Å². The van der Waals surface area contributed by atoms with E-state index >= 15 is 0 Å². The molecule has 2 atom stereocenters. The molecule has 0 saturated heterocycles. The van der Waals surface area contributed by atoms with Crippen molar-refractivity contribution in [3.8, 4) is 0 Å². The molecule has 0 aliphatic heterocycles. The summed E-state index contributed by atoms with van der Waals surface area (Å²) < 4.78 is 0. The van der Waals surface area contributed by atoms with Crippen molar-refractivity contribution in [3.63, 3.8) is 0 Å². The molecule has 0 rings (SSSR count). The summed E-state index contributed by atoms with van der Waals surface area (Å²) in [6, 6.07) is 0. The van der Waals surface area contributed by atoms with Gasteiger partial charge in [-0.2, -0.15) is 0 Å². The Morgan fingerprint density at radius 2 is 0.882 bits per heavy atom. The first kappa shape index (κ1) is 32.1. The van der Waals surface area contributed by atoms with Crippen LogP contribution in [0.1, 0.15) is 0 Å². The minimum Gasteiger partial charge on any atom is -0.565 e. The quantitative estimate of drug-likeness (QED) is 0.424. The van der Waals surface area contributed by atoms with Gasteiger partial charge >= 0.3 is 154 Å². The Morgan fingerprint density at radius 3 is 0.941 bits per heavy atom. The number of carboxylic acids is 2. The molecule has 0 aromatic carbocycles. The third kappa shape index (κ3) is 24.4. The van der Waals surface area contributed by atoms with E-state index in [-0.39, 0.29) is 154 Å². The van der Waals surface area contributed by atoms with E-state index in [0.717, 1.165) is 0 Å². The maximum absolute atomic E-state index is 9.63. The minimum atomic E-state index is -2.44. The predicted octanol–water partition coefficient (Wildman–Crippen LogP) is -14.9. The fraction of sp³-hybridized carbons (Fsp3) is 0.400. The molecule has 0 saturated carbocycles. The number of rotatable bonds is 3. The smallest absolute Gasteiger partial charge is 0.565 e. The van der Waals surface area contributed by atoms with E-state index in [0.29, 0.717) is 0 Å². The van der Waals surface area contributed by atoms with E-state index in [2.05, 4.69) is 0 Å². The van der Waals surface area contributed by atoms with Crippen LogP contribution in [0.4, 0.5) is 4.79 Å². The second-order valence-electron chi connectivity index (χ2n) is 1.79. The van der Waals surface area contributed by atoms with Gasteiger partial charge in [-0.05, 0) is 0 Å². The molecule has 12 heteroatoms. The van der Waals surface area contributed by atoms with Crippen molar-refractivity contribution in [2.75, 3.05) is 0 Å². The average molecular weight is 326 g/mol. The molecule has 9 nitrogen and oxygen atoms in total. The van der Waals surface area contributed by atoms with E-state index in [9.17, 15) is 19.8 Å². The SMILES string of the molecule is O=C([O-])C(O)C(O)C(=O)[O-].O=C([O-])O.[K+].[K+].[K+]. The number of hydrogen-bond acceptors (Lipinski definition) is 8. The number of carbonyl (C=O) groups is 3. The molecule has 0 aliphatic carbocycles. The second kappa shape index (κ2) is 19.0. The van der Waals surface area contributed by atoms with Gasteiger partial charge in [0.2, 0.25) is 6.16 Å². The maximum atomic E-state index is 9.63. The Bertz CT molecular complexity index is 211. The van der Waals surface area contributed by atoms with Gasteiger partial charge in [0.15, 0.2) is 0 Å². The van der Waals surface area contributed by atoms with Crippen LogP contribution in [-0.2, 0) is 9.59 Å². The van der Waals surface area contributed by atoms with Gasteiger partial charge in [0, 0.05) is 0 Å². The van der Waals surface area contributed by atoms with Gasteiger partial charge in [0.25, 0.3) is 0 Å². The van der Waals surface area contributed by atoms with Crippen LogP contribution in [-0.4, -0.2) is 45.6 Å². The molecule has 0 amide bonds. The van der Waals surface area contributed by atoms with Crippen molar-refractivity contribution in [2.24, 2.45) is 0 Å². The van der Waals surface area contributed by atoms with Crippen LogP contribution in [0.3, 0.4) is 0 Å². The van der Waals surface area contributed by atoms with Crippen LogP contribution in [0, 0.1) is 0 Å². The molecular formula is C5H5K3O9. The molecule has 0 aromatic heterocycles. The Balaban J connectivity index is -0.0000000607. The van der Waals surface area contributed by atoms with Gasteiger partial charge in [-0.25, -0.2) is 0 Å². The van der Waals surface area contributed by atoms with Crippen LogP contribution in [0.25, 0.3) is 0 Å². The number of aliphatic hydroxyl groups is 2. The fourth-order valence-corrected chi connectivity index (χ4v) is 0.258. The van der Waals surface area contributed by atoms with E-state index in [4.69, 9.17) is 25.2 Å². The molecule has 0 aromatic rings. The van der Waals surface area contributed by atoms with E-state index in [1.807, 2.05) is 0 Å². The maximum Gasteiger partial charge on any atom is 1.00 e. The predicted molar refractivity (Wildman–Crippen MR) is 30.1 cm³/mol. The Labute approximate surface area is 223 Å². The molecular weight excluding hydrogens is 321 g/mol. The summed E-state index contributed by atoms with van der Waals surface area (Å²) in [5, 5.41) is 51.0. The number of aliphatic hydroxyl groups excluding tert-OH is 2. The minimum absolute atomic E-state index is 0. The Kier molecular flexibility index (Phi) is 36.0. The van der Waals surface area contributed by atoms with Crippen molar-refractivity contribution in [3.05, 3.63) is 0 Å². The van der Waals surface area contributed by atoms with E-state index in [1.165, 1.54) is 0 Å². The summed E-state index contributed by atoms with van der Waals surface area (Å²) in [4.78, 5) is 27.7. The number of hydrogen-bond donors (Lipinski definition) is 3. The molecule has 0 radical (unpaired) electrons. The summed E-state index contributed by atoms with van der Waals surface area (Å²) in [5.41, 5.74) is 0. The fourth-order valence-electron chi connectivity index (χ4n) is 0.258. The molecule has 0 aliphatic rings. The first-order valence-corrected chi connectivity index (χ1v) is 2.88. The van der Waals surface area contributed by atoms with Crippen molar-refractivity contribution in [1.82, 2.24) is 0 Å². The first-order valence-electron chi connectivity index (χ1n) is 2.88. The normalized spacial score (nSPS) is 10.7. The van der Waals surface area contributed by atoms with Crippen molar-refractivity contribution in [1.29, 1.82) is 0 Å². The standard InChI is InChI=1S/C4H6O6.CH2O3.3K/c5-1(3(7)8)2(6)4(9)10;2-1(3)4;;;/h1-2,5-6H,(H,7,8)(H,9,10);(H2,2,3,4);;;/q;;3*+1/p-3. The second-order valence-corrected chi connectivity index (χ2v) is 1.79. The van der Waals surface area contributed by atoms with Crippen LogP contribution >= 0.6 is 0 Å². The molecule has 17 heavy (non-hydrogen) atoms. The molecule has 3 N–H and O–H groups in total. The molecule has 0 spiro atoms. The summed E-state index contributed by atoms with van der Waals surface area (Å²) in [6.07, 6.45) is -6.96. The summed E-state index contributed by atoms with van der Waals surface area (Å²) in [6.45, 7) is 0.